The second kappa shape index (κ2) is 6.93. The number of hydrogen-bond donors (Lipinski definition) is 0. The van der Waals surface area contributed by atoms with Gasteiger partial charge in [0.05, 0.1) is 12.6 Å². The maximum Gasteiger partial charge on any atom is 0.218 e. The third-order valence-corrected chi connectivity index (χ3v) is 5.67. The Bertz CT molecular complexity index is 1090. The number of rotatable bonds is 3. The lowest BCUT2D eigenvalue weighted by atomic mass is 10.0. The molecule has 142 valence electrons. The predicted molar refractivity (Wildman–Crippen MR) is 106 cm³/mol. The lowest BCUT2D eigenvalue weighted by Gasteiger charge is -2.26. The number of aromatic nitrogens is 3. The predicted octanol–water partition coefficient (Wildman–Crippen LogP) is 3.98. The van der Waals surface area contributed by atoms with Crippen molar-refractivity contribution < 1.29 is 14.3 Å². The van der Waals surface area contributed by atoms with Gasteiger partial charge in [-0.1, -0.05) is 29.8 Å². The SMILES string of the molecule is O=C1C[C@H](n2nc(-c3ccc(Cl)cc3)n(-c3ccccc3)c2=S)[C@@H]2CO[C@@H]1O2. The number of para-hydroxylation sites is 1. The van der Waals surface area contributed by atoms with Crippen LogP contribution in [0.1, 0.15) is 12.5 Å². The van der Waals surface area contributed by atoms with Crippen LogP contribution in [0.25, 0.3) is 17.1 Å². The summed E-state index contributed by atoms with van der Waals surface area (Å²) in [5.74, 6) is 0.601. The lowest BCUT2D eigenvalue weighted by molar-refractivity contribution is -0.156. The number of carbonyl (C=O) groups excluding carboxylic acids is 1. The molecule has 2 fully saturated rings. The van der Waals surface area contributed by atoms with E-state index in [1.807, 2.05) is 59.2 Å². The molecule has 0 saturated carbocycles. The van der Waals surface area contributed by atoms with Crippen LogP contribution in [-0.4, -0.2) is 39.1 Å². The highest BCUT2D eigenvalue weighted by atomic mass is 35.5. The first-order valence-corrected chi connectivity index (χ1v) is 9.73. The van der Waals surface area contributed by atoms with Crippen LogP contribution < -0.4 is 0 Å². The molecule has 2 aliphatic rings. The van der Waals surface area contributed by atoms with Crippen LogP contribution in [0.3, 0.4) is 0 Å². The molecule has 3 atom stereocenters. The van der Waals surface area contributed by atoms with Crippen molar-refractivity contribution in [1.29, 1.82) is 0 Å². The van der Waals surface area contributed by atoms with Crippen molar-refractivity contribution in [2.24, 2.45) is 0 Å². The minimum absolute atomic E-state index is 0.0806. The van der Waals surface area contributed by atoms with E-state index in [0.717, 1.165) is 11.3 Å². The van der Waals surface area contributed by atoms with Crippen LogP contribution in [0.5, 0.6) is 0 Å². The van der Waals surface area contributed by atoms with E-state index in [2.05, 4.69) is 0 Å². The highest BCUT2D eigenvalue weighted by Crippen LogP contribution is 2.34. The fraction of sp³-hybridized carbons (Fsp3) is 0.250. The fourth-order valence-electron chi connectivity index (χ4n) is 3.66. The quantitative estimate of drug-likeness (QED) is 0.608. The van der Waals surface area contributed by atoms with Crippen LogP contribution in [-0.2, 0) is 14.3 Å². The molecule has 28 heavy (non-hydrogen) atoms. The van der Waals surface area contributed by atoms with Gasteiger partial charge in [0.2, 0.25) is 11.1 Å². The van der Waals surface area contributed by atoms with Gasteiger partial charge in [-0.15, -0.1) is 0 Å². The van der Waals surface area contributed by atoms with Crippen LogP contribution in [0, 0.1) is 4.77 Å². The Kier molecular flexibility index (Phi) is 4.40. The van der Waals surface area contributed by atoms with Gasteiger partial charge in [-0.2, -0.15) is 5.10 Å². The molecule has 5 rings (SSSR count). The summed E-state index contributed by atoms with van der Waals surface area (Å²) in [6.07, 6.45) is -0.705. The summed E-state index contributed by atoms with van der Waals surface area (Å²) in [5.41, 5.74) is 1.77. The molecule has 3 heterocycles. The van der Waals surface area contributed by atoms with E-state index in [-0.39, 0.29) is 24.3 Å². The Balaban J connectivity index is 1.68. The van der Waals surface area contributed by atoms with Crippen molar-refractivity contribution in [2.45, 2.75) is 24.9 Å². The van der Waals surface area contributed by atoms with Crippen molar-refractivity contribution in [1.82, 2.24) is 14.3 Å². The van der Waals surface area contributed by atoms with Gasteiger partial charge >= 0.3 is 0 Å². The molecular weight excluding hydrogens is 398 g/mol. The van der Waals surface area contributed by atoms with Gasteiger partial charge < -0.3 is 9.47 Å². The van der Waals surface area contributed by atoms with E-state index >= 15 is 0 Å². The molecule has 0 unspecified atom stereocenters. The Hall–Kier alpha value is -2.32. The zero-order valence-electron chi connectivity index (χ0n) is 14.7. The molecule has 2 aliphatic heterocycles. The number of Topliss-reactive ketones (excluding diaryl/α,β-unsaturated/α-hetero) is 1. The van der Waals surface area contributed by atoms with E-state index in [0.29, 0.717) is 22.2 Å². The largest absolute Gasteiger partial charge is 0.343 e. The molecule has 2 aromatic carbocycles. The normalized spacial score (nSPS) is 23.9. The summed E-state index contributed by atoms with van der Waals surface area (Å²) < 4.78 is 15.3. The molecule has 0 spiro atoms. The van der Waals surface area contributed by atoms with E-state index in [4.69, 9.17) is 38.4 Å². The summed E-state index contributed by atoms with van der Waals surface area (Å²) in [4.78, 5) is 12.3. The van der Waals surface area contributed by atoms with Gasteiger partial charge in [0.1, 0.15) is 6.10 Å². The van der Waals surface area contributed by atoms with E-state index in [1.54, 1.807) is 4.68 Å². The molecular formula is C20H16ClN3O3S. The Morgan fingerprint density at radius 2 is 1.86 bits per heavy atom. The number of hydrogen-bond acceptors (Lipinski definition) is 5. The summed E-state index contributed by atoms with van der Waals surface area (Å²) in [6.45, 7) is 0.358. The highest BCUT2D eigenvalue weighted by Gasteiger charge is 2.45. The van der Waals surface area contributed by atoms with Crippen LogP contribution in [0.15, 0.2) is 54.6 Å². The Labute approximate surface area is 171 Å². The zero-order chi connectivity index (χ0) is 19.3. The number of carbonyl (C=O) groups is 1. The fourth-order valence-corrected chi connectivity index (χ4v) is 4.16. The topological polar surface area (TPSA) is 58.3 Å². The third-order valence-electron chi connectivity index (χ3n) is 5.05. The monoisotopic (exact) mass is 413 g/mol. The van der Waals surface area contributed by atoms with Gasteiger partial charge in [0, 0.05) is 22.7 Å². The molecule has 0 aliphatic carbocycles. The van der Waals surface area contributed by atoms with Gasteiger partial charge in [-0.3, -0.25) is 9.36 Å². The number of ketones is 1. The molecule has 8 heteroatoms. The van der Waals surface area contributed by atoms with Crippen molar-refractivity contribution in [3.05, 3.63) is 64.4 Å². The standard InChI is InChI=1S/C20H16ClN3O3S/c21-13-8-6-12(7-9-13)18-22-24(15-10-16(25)19-26-11-17(15)27-19)20(28)23(18)14-4-2-1-3-5-14/h1-9,15,17,19H,10-11H2/t15-,17-,19+/m0/s1. The number of nitrogens with zero attached hydrogens (tertiary/aromatic N) is 3. The highest BCUT2D eigenvalue weighted by molar-refractivity contribution is 7.71. The lowest BCUT2D eigenvalue weighted by Crippen LogP contribution is -2.37. The first-order valence-electron chi connectivity index (χ1n) is 8.94. The average molecular weight is 414 g/mol. The van der Waals surface area contributed by atoms with Crippen molar-refractivity contribution in [3.8, 4) is 17.1 Å². The third kappa shape index (κ3) is 2.91. The minimum atomic E-state index is -0.748. The van der Waals surface area contributed by atoms with Crippen LogP contribution in [0.4, 0.5) is 0 Å². The zero-order valence-corrected chi connectivity index (χ0v) is 16.3. The maximum atomic E-state index is 12.3. The Morgan fingerprint density at radius 1 is 1.11 bits per heavy atom. The molecule has 0 amide bonds. The number of ether oxygens (including phenoxy) is 2. The summed E-state index contributed by atoms with van der Waals surface area (Å²) in [7, 11) is 0. The maximum absolute atomic E-state index is 12.3. The second-order valence-corrected chi connectivity index (χ2v) is 7.61. The number of halogens is 1. The van der Waals surface area contributed by atoms with Gasteiger partial charge in [0.25, 0.3) is 0 Å². The van der Waals surface area contributed by atoms with Gasteiger partial charge in [-0.25, -0.2) is 4.68 Å². The van der Waals surface area contributed by atoms with Crippen LogP contribution in [0.2, 0.25) is 5.02 Å². The van der Waals surface area contributed by atoms with Crippen molar-refractivity contribution in [2.75, 3.05) is 6.61 Å². The first kappa shape index (κ1) is 17.8. The number of fused-ring (bicyclic) bond motifs is 2. The molecule has 2 bridgehead atoms. The second-order valence-electron chi connectivity index (χ2n) is 6.81. The van der Waals surface area contributed by atoms with Crippen LogP contribution >= 0.6 is 23.8 Å². The molecule has 1 aromatic heterocycles. The van der Waals surface area contributed by atoms with E-state index in [1.165, 1.54) is 0 Å². The van der Waals surface area contributed by atoms with Crippen molar-refractivity contribution in [3.63, 3.8) is 0 Å². The summed E-state index contributed by atoms with van der Waals surface area (Å²) in [6, 6.07) is 16.9. The summed E-state index contributed by atoms with van der Waals surface area (Å²) in [5, 5.41) is 5.45. The minimum Gasteiger partial charge on any atom is -0.343 e. The van der Waals surface area contributed by atoms with E-state index in [9.17, 15) is 4.79 Å². The van der Waals surface area contributed by atoms with E-state index < -0.39 is 6.29 Å². The molecule has 0 N–H and O–H groups in total. The summed E-state index contributed by atoms with van der Waals surface area (Å²) >= 11 is 11.8. The van der Waals surface area contributed by atoms with Crippen molar-refractivity contribution >= 4 is 29.6 Å². The number of benzene rings is 2. The first-order chi connectivity index (χ1) is 13.6. The molecule has 2 saturated heterocycles. The Morgan fingerprint density at radius 3 is 2.61 bits per heavy atom. The molecule has 3 aromatic rings. The smallest absolute Gasteiger partial charge is 0.218 e. The average Bonchev–Trinajstić information content (AvgIpc) is 3.29. The molecule has 6 nitrogen and oxygen atoms in total. The van der Waals surface area contributed by atoms with Gasteiger partial charge in [0.15, 0.2) is 11.6 Å². The van der Waals surface area contributed by atoms with Gasteiger partial charge in [-0.05, 0) is 48.6 Å². The molecule has 0 radical (unpaired) electrons.